The number of rotatable bonds is 3. The minimum absolute atomic E-state index is 0.748. The first-order chi connectivity index (χ1) is 9.20. The zero-order valence-electron chi connectivity index (χ0n) is 10.8. The van der Waals surface area contributed by atoms with E-state index < -0.39 is 0 Å². The van der Waals surface area contributed by atoms with Crippen LogP contribution in [0.3, 0.4) is 0 Å². The van der Waals surface area contributed by atoms with Crippen molar-refractivity contribution in [1.82, 2.24) is 19.9 Å². The van der Waals surface area contributed by atoms with Crippen LogP contribution >= 0.6 is 11.8 Å². The van der Waals surface area contributed by atoms with Gasteiger partial charge in [0.2, 0.25) is 0 Å². The van der Waals surface area contributed by atoms with Crippen LogP contribution < -0.4 is 0 Å². The fourth-order valence-electron chi connectivity index (χ4n) is 1.97. The fraction of sp³-hybridized carbons (Fsp3) is 0.214. The van der Waals surface area contributed by atoms with E-state index in [1.165, 1.54) is 0 Å². The molecule has 4 nitrogen and oxygen atoms in total. The molecule has 0 radical (unpaired) electrons. The molecule has 0 aliphatic heterocycles. The molecule has 0 atom stereocenters. The molecule has 2 heterocycles. The molecular formula is C14H14N4S. The van der Waals surface area contributed by atoms with Gasteiger partial charge < -0.3 is 4.98 Å². The van der Waals surface area contributed by atoms with Gasteiger partial charge in [-0.3, -0.25) is 0 Å². The number of hydrogen-bond donors (Lipinski definition) is 1. The van der Waals surface area contributed by atoms with E-state index in [0.29, 0.717) is 0 Å². The molecular weight excluding hydrogens is 256 g/mol. The van der Waals surface area contributed by atoms with Crippen molar-refractivity contribution in [3.05, 3.63) is 47.5 Å². The standard InChI is InChI=1S/C14H14N4S/c1-9-7-10(2)16-14(15-9)19-8-13-17-11-5-3-4-6-12(11)18-13/h3-7H,8H2,1-2H3,(H,17,18). The summed E-state index contributed by atoms with van der Waals surface area (Å²) in [6.45, 7) is 3.97. The van der Waals surface area contributed by atoms with Crippen LogP contribution in [-0.4, -0.2) is 19.9 Å². The van der Waals surface area contributed by atoms with E-state index in [4.69, 9.17) is 0 Å². The normalized spacial score (nSPS) is 11.1. The monoisotopic (exact) mass is 270 g/mol. The van der Waals surface area contributed by atoms with Crippen LogP contribution in [-0.2, 0) is 5.75 Å². The van der Waals surface area contributed by atoms with Crippen molar-refractivity contribution in [2.24, 2.45) is 0 Å². The summed E-state index contributed by atoms with van der Waals surface area (Å²) in [5.74, 6) is 1.70. The Balaban J connectivity index is 1.78. The maximum Gasteiger partial charge on any atom is 0.188 e. The zero-order chi connectivity index (χ0) is 13.2. The second kappa shape index (κ2) is 5.01. The van der Waals surface area contributed by atoms with Gasteiger partial charge in [-0.2, -0.15) is 0 Å². The summed E-state index contributed by atoms with van der Waals surface area (Å²) >= 11 is 1.60. The Morgan fingerprint density at radius 1 is 1.05 bits per heavy atom. The highest BCUT2D eigenvalue weighted by molar-refractivity contribution is 7.98. The lowest BCUT2D eigenvalue weighted by Crippen LogP contribution is -1.93. The second-order valence-corrected chi connectivity index (χ2v) is 5.37. The van der Waals surface area contributed by atoms with Crippen molar-refractivity contribution < 1.29 is 0 Å². The van der Waals surface area contributed by atoms with E-state index in [9.17, 15) is 0 Å². The van der Waals surface area contributed by atoms with Crippen molar-refractivity contribution >= 4 is 22.8 Å². The molecule has 0 spiro atoms. The number of para-hydroxylation sites is 2. The maximum atomic E-state index is 4.54. The van der Waals surface area contributed by atoms with Crippen molar-refractivity contribution in [2.75, 3.05) is 0 Å². The maximum absolute atomic E-state index is 4.54. The number of benzene rings is 1. The fourth-order valence-corrected chi connectivity index (χ4v) is 2.78. The van der Waals surface area contributed by atoms with Gasteiger partial charge in [-0.05, 0) is 32.0 Å². The highest BCUT2D eigenvalue weighted by Gasteiger charge is 2.05. The van der Waals surface area contributed by atoms with E-state index in [2.05, 4.69) is 19.9 Å². The molecule has 3 aromatic rings. The van der Waals surface area contributed by atoms with Gasteiger partial charge in [0.25, 0.3) is 0 Å². The number of nitrogens with zero attached hydrogens (tertiary/aromatic N) is 3. The van der Waals surface area contributed by atoms with Gasteiger partial charge in [0.05, 0.1) is 16.8 Å². The third-order valence-corrected chi connectivity index (χ3v) is 3.60. The lowest BCUT2D eigenvalue weighted by atomic mass is 10.3. The summed E-state index contributed by atoms with van der Waals surface area (Å²) in [4.78, 5) is 16.7. The first-order valence-corrected chi connectivity index (χ1v) is 7.08. The molecule has 0 aliphatic rings. The third kappa shape index (κ3) is 2.76. The van der Waals surface area contributed by atoms with Crippen LogP contribution in [0.1, 0.15) is 17.2 Å². The molecule has 0 unspecified atom stereocenters. The van der Waals surface area contributed by atoms with Gasteiger partial charge in [0.1, 0.15) is 5.82 Å². The Kier molecular flexibility index (Phi) is 3.21. The average molecular weight is 270 g/mol. The van der Waals surface area contributed by atoms with Crippen molar-refractivity contribution in [2.45, 2.75) is 24.8 Å². The first-order valence-electron chi connectivity index (χ1n) is 6.09. The highest BCUT2D eigenvalue weighted by atomic mass is 32.2. The predicted molar refractivity (Wildman–Crippen MR) is 77.2 cm³/mol. The minimum Gasteiger partial charge on any atom is -0.341 e. The number of thioether (sulfide) groups is 1. The van der Waals surface area contributed by atoms with Gasteiger partial charge in [-0.1, -0.05) is 23.9 Å². The van der Waals surface area contributed by atoms with Crippen LogP contribution in [0.15, 0.2) is 35.5 Å². The summed E-state index contributed by atoms with van der Waals surface area (Å²) in [6.07, 6.45) is 0. The Morgan fingerprint density at radius 2 is 1.79 bits per heavy atom. The van der Waals surface area contributed by atoms with Crippen LogP contribution in [0.25, 0.3) is 11.0 Å². The minimum atomic E-state index is 0.748. The SMILES string of the molecule is Cc1cc(C)nc(SCc2nc3ccccc3[nH]2)n1. The summed E-state index contributed by atoms with van der Waals surface area (Å²) in [6, 6.07) is 10.0. The molecule has 5 heteroatoms. The Labute approximate surface area is 115 Å². The average Bonchev–Trinajstić information content (AvgIpc) is 2.78. The molecule has 1 N–H and O–H groups in total. The molecule has 0 fully saturated rings. The summed E-state index contributed by atoms with van der Waals surface area (Å²) in [5.41, 5.74) is 4.07. The number of nitrogens with one attached hydrogen (secondary N) is 1. The van der Waals surface area contributed by atoms with Gasteiger partial charge in [0.15, 0.2) is 5.16 Å². The number of aromatic nitrogens is 4. The number of aromatic amines is 1. The van der Waals surface area contributed by atoms with E-state index in [1.807, 2.05) is 44.2 Å². The molecule has 0 saturated carbocycles. The summed E-state index contributed by atoms with van der Waals surface area (Å²) in [7, 11) is 0. The van der Waals surface area contributed by atoms with E-state index >= 15 is 0 Å². The van der Waals surface area contributed by atoms with Crippen LogP contribution in [0.4, 0.5) is 0 Å². The molecule has 0 aliphatic carbocycles. The number of hydrogen-bond acceptors (Lipinski definition) is 4. The quantitative estimate of drug-likeness (QED) is 0.586. The second-order valence-electron chi connectivity index (χ2n) is 4.42. The molecule has 2 aromatic heterocycles. The molecule has 0 saturated heterocycles. The largest absolute Gasteiger partial charge is 0.341 e. The lowest BCUT2D eigenvalue weighted by Gasteiger charge is -2.01. The number of fused-ring (bicyclic) bond motifs is 1. The van der Waals surface area contributed by atoms with E-state index in [1.54, 1.807) is 11.8 Å². The Bertz CT molecular complexity index is 667. The van der Waals surface area contributed by atoms with Crippen molar-refractivity contribution in [1.29, 1.82) is 0 Å². The summed E-state index contributed by atoms with van der Waals surface area (Å²) in [5, 5.41) is 0.804. The van der Waals surface area contributed by atoms with Crippen LogP contribution in [0, 0.1) is 13.8 Å². The van der Waals surface area contributed by atoms with Crippen LogP contribution in [0.2, 0.25) is 0 Å². The summed E-state index contributed by atoms with van der Waals surface area (Å²) < 4.78 is 0. The van der Waals surface area contributed by atoms with Crippen LogP contribution in [0.5, 0.6) is 0 Å². The predicted octanol–water partition coefficient (Wildman–Crippen LogP) is 3.26. The smallest absolute Gasteiger partial charge is 0.188 e. The molecule has 19 heavy (non-hydrogen) atoms. The van der Waals surface area contributed by atoms with Crippen molar-refractivity contribution in [3.8, 4) is 0 Å². The van der Waals surface area contributed by atoms with E-state index in [-0.39, 0.29) is 0 Å². The number of aryl methyl sites for hydroxylation is 2. The van der Waals surface area contributed by atoms with Gasteiger partial charge in [0, 0.05) is 11.4 Å². The van der Waals surface area contributed by atoms with Crippen molar-refractivity contribution in [3.63, 3.8) is 0 Å². The lowest BCUT2D eigenvalue weighted by molar-refractivity contribution is 0.900. The molecule has 3 rings (SSSR count). The van der Waals surface area contributed by atoms with Gasteiger partial charge in [-0.25, -0.2) is 15.0 Å². The Morgan fingerprint density at radius 3 is 2.53 bits per heavy atom. The van der Waals surface area contributed by atoms with Gasteiger partial charge >= 0.3 is 0 Å². The van der Waals surface area contributed by atoms with Gasteiger partial charge in [-0.15, -0.1) is 0 Å². The van der Waals surface area contributed by atoms with E-state index in [0.717, 1.165) is 39.2 Å². The molecule has 1 aromatic carbocycles. The highest BCUT2D eigenvalue weighted by Crippen LogP contribution is 2.20. The molecule has 0 amide bonds. The zero-order valence-corrected chi connectivity index (χ0v) is 11.7. The topological polar surface area (TPSA) is 54.5 Å². The molecule has 0 bridgehead atoms. The number of imidazole rings is 1. The number of H-pyrrole nitrogens is 1. The molecule has 96 valence electrons. The first kappa shape index (κ1) is 12.2. The Hall–Kier alpha value is -1.88. The third-order valence-electron chi connectivity index (χ3n) is 2.74.